The van der Waals surface area contributed by atoms with Gasteiger partial charge in [-0.15, -0.1) is 0 Å². The molecule has 2 aliphatic heterocycles. The molecule has 2 aromatic rings. The Morgan fingerprint density at radius 3 is 2.61 bits per heavy atom. The molecule has 4 rings (SSSR count). The van der Waals surface area contributed by atoms with Crippen molar-refractivity contribution in [3.8, 4) is 0 Å². The molecule has 0 amide bonds. The number of hydrogen-bond acceptors (Lipinski definition) is 7. The van der Waals surface area contributed by atoms with Crippen LogP contribution in [-0.4, -0.2) is 61.1 Å². The minimum Gasteiger partial charge on any atom is -0.354 e. The molecule has 1 N–H and O–H groups in total. The number of anilines is 3. The number of aromatic nitrogens is 2. The van der Waals surface area contributed by atoms with Crippen LogP contribution in [0, 0.1) is 0 Å². The predicted molar refractivity (Wildman–Crippen MR) is 121 cm³/mol. The van der Waals surface area contributed by atoms with Crippen molar-refractivity contribution >= 4 is 27.3 Å². The van der Waals surface area contributed by atoms with Crippen molar-refractivity contribution in [1.82, 2.24) is 14.9 Å². The van der Waals surface area contributed by atoms with Crippen LogP contribution in [0.4, 0.5) is 30.6 Å². The number of nitrogens with one attached hydrogen (secondary N) is 1. The molecule has 33 heavy (non-hydrogen) atoms. The van der Waals surface area contributed by atoms with Gasteiger partial charge in [-0.05, 0) is 68.5 Å². The Kier molecular flexibility index (Phi) is 6.54. The van der Waals surface area contributed by atoms with Crippen molar-refractivity contribution < 1.29 is 21.6 Å². The van der Waals surface area contributed by atoms with E-state index in [1.54, 1.807) is 0 Å². The van der Waals surface area contributed by atoms with Crippen LogP contribution in [0.5, 0.6) is 0 Å². The van der Waals surface area contributed by atoms with Crippen molar-refractivity contribution in [2.45, 2.75) is 44.3 Å². The molecular formula is C22H28F3N5O2S. The van der Waals surface area contributed by atoms with E-state index < -0.39 is 21.6 Å². The normalized spacial score (nSPS) is 22.2. The van der Waals surface area contributed by atoms with Crippen LogP contribution in [0.3, 0.4) is 0 Å². The highest BCUT2D eigenvalue weighted by Crippen LogP contribution is 2.34. The second kappa shape index (κ2) is 9.09. The number of halogens is 3. The monoisotopic (exact) mass is 483 g/mol. The lowest BCUT2D eigenvalue weighted by molar-refractivity contribution is -0.137. The number of hydrogen-bond donors (Lipinski definition) is 1. The van der Waals surface area contributed by atoms with Gasteiger partial charge < -0.3 is 10.2 Å². The lowest BCUT2D eigenvalue weighted by atomic mass is 9.99. The van der Waals surface area contributed by atoms with Gasteiger partial charge in [-0.2, -0.15) is 13.2 Å². The van der Waals surface area contributed by atoms with Gasteiger partial charge in [0, 0.05) is 31.6 Å². The zero-order valence-corrected chi connectivity index (χ0v) is 19.5. The van der Waals surface area contributed by atoms with E-state index in [9.17, 15) is 21.6 Å². The van der Waals surface area contributed by atoms with Gasteiger partial charge in [-0.1, -0.05) is 0 Å². The lowest BCUT2D eigenvalue weighted by Gasteiger charge is -2.25. The van der Waals surface area contributed by atoms with Gasteiger partial charge in [-0.25, -0.2) is 18.4 Å². The number of rotatable bonds is 6. The first kappa shape index (κ1) is 23.7. The SMILES string of the molecule is CC1CCCN1c1cc(C2CCN(CS(C)(=O)=O)C2)cc(Nc2cc(C(F)(F)F)ccn2)n1. The van der Waals surface area contributed by atoms with Crippen molar-refractivity contribution in [2.75, 3.05) is 42.0 Å². The summed E-state index contributed by atoms with van der Waals surface area (Å²) in [5.41, 5.74) is 0.210. The third-order valence-electron chi connectivity index (χ3n) is 6.19. The number of nitrogens with zero attached hydrogens (tertiary/aromatic N) is 4. The zero-order valence-electron chi connectivity index (χ0n) is 18.6. The van der Waals surface area contributed by atoms with E-state index in [4.69, 9.17) is 0 Å². The molecule has 0 radical (unpaired) electrons. The lowest BCUT2D eigenvalue weighted by Crippen LogP contribution is -2.28. The fourth-order valence-electron chi connectivity index (χ4n) is 4.62. The van der Waals surface area contributed by atoms with Crippen molar-refractivity contribution in [3.05, 3.63) is 41.6 Å². The van der Waals surface area contributed by atoms with Crippen LogP contribution in [-0.2, 0) is 16.0 Å². The first-order valence-electron chi connectivity index (χ1n) is 11.0. The summed E-state index contributed by atoms with van der Waals surface area (Å²) < 4.78 is 62.7. The average molecular weight is 484 g/mol. The summed E-state index contributed by atoms with van der Waals surface area (Å²) in [5.74, 6) is 1.40. The van der Waals surface area contributed by atoms with Crippen molar-refractivity contribution in [2.24, 2.45) is 0 Å². The van der Waals surface area contributed by atoms with Gasteiger partial charge in [0.05, 0.1) is 5.56 Å². The molecule has 0 saturated carbocycles. The number of likely N-dealkylation sites (tertiary alicyclic amines) is 1. The highest BCUT2D eigenvalue weighted by molar-refractivity contribution is 7.90. The highest BCUT2D eigenvalue weighted by Gasteiger charge is 2.31. The van der Waals surface area contributed by atoms with Crippen molar-refractivity contribution in [3.63, 3.8) is 0 Å². The minimum atomic E-state index is -4.46. The molecule has 11 heteroatoms. The average Bonchev–Trinajstić information content (AvgIpc) is 3.35. The highest BCUT2D eigenvalue weighted by atomic mass is 32.2. The number of alkyl halides is 3. The molecule has 4 heterocycles. The Bertz CT molecular complexity index is 1110. The van der Waals surface area contributed by atoms with E-state index in [1.807, 2.05) is 17.0 Å². The second-order valence-electron chi connectivity index (χ2n) is 9.00. The Morgan fingerprint density at radius 2 is 1.94 bits per heavy atom. The summed E-state index contributed by atoms with van der Waals surface area (Å²) in [6.07, 6.45) is 0.793. The predicted octanol–water partition coefficient (Wildman–Crippen LogP) is 4.02. The maximum absolute atomic E-state index is 13.1. The molecule has 0 bridgehead atoms. The first-order valence-corrected chi connectivity index (χ1v) is 13.0. The summed E-state index contributed by atoms with van der Waals surface area (Å²) in [7, 11) is -3.11. The van der Waals surface area contributed by atoms with Gasteiger partial charge in [0.1, 0.15) is 23.3 Å². The third kappa shape index (κ3) is 5.94. The Hall–Kier alpha value is -2.40. The standard InChI is InChI=1S/C22H28F3N5O2S/c1-15-4-3-8-30(15)21-11-17(16-6-9-29(13-16)14-33(2,31)32)10-20(28-21)27-19-12-18(5-7-26-19)22(23,24)25/h5,7,10-12,15-16H,3-4,6,8-9,13-14H2,1-2H3,(H,26,27,28). The van der Waals surface area contributed by atoms with Crippen LogP contribution in [0.15, 0.2) is 30.5 Å². The first-order chi connectivity index (χ1) is 15.5. The van der Waals surface area contributed by atoms with Gasteiger partial charge >= 0.3 is 6.18 Å². The molecule has 2 fully saturated rings. The molecule has 2 saturated heterocycles. The molecule has 2 aliphatic rings. The zero-order chi connectivity index (χ0) is 23.8. The minimum absolute atomic E-state index is 0.0177. The molecular weight excluding hydrogens is 455 g/mol. The molecule has 0 aliphatic carbocycles. The van der Waals surface area contributed by atoms with E-state index in [0.717, 1.165) is 55.5 Å². The Labute approximate surface area is 191 Å². The summed E-state index contributed by atoms with van der Waals surface area (Å²) in [5, 5.41) is 2.95. The van der Waals surface area contributed by atoms with E-state index in [0.29, 0.717) is 24.9 Å². The quantitative estimate of drug-likeness (QED) is 0.665. The van der Waals surface area contributed by atoms with Gasteiger partial charge in [0.15, 0.2) is 9.84 Å². The molecule has 7 nitrogen and oxygen atoms in total. The summed E-state index contributed by atoms with van der Waals surface area (Å²) in [4.78, 5) is 12.8. The Balaban J connectivity index is 1.63. The fourth-order valence-corrected chi connectivity index (χ4v) is 5.51. The molecule has 2 unspecified atom stereocenters. The second-order valence-corrected chi connectivity index (χ2v) is 11.1. The molecule has 0 aromatic carbocycles. The third-order valence-corrected chi connectivity index (χ3v) is 7.02. The molecule has 2 atom stereocenters. The van der Waals surface area contributed by atoms with Crippen LogP contribution in [0.25, 0.3) is 0 Å². The van der Waals surface area contributed by atoms with Crippen LogP contribution < -0.4 is 10.2 Å². The summed E-state index contributed by atoms with van der Waals surface area (Å²) in [6, 6.07) is 6.08. The van der Waals surface area contributed by atoms with Crippen LogP contribution in [0.2, 0.25) is 0 Å². The topological polar surface area (TPSA) is 78.4 Å². The van der Waals surface area contributed by atoms with E-state index in [1.165, 1.54) is 6.26 Å². The van der Waals surface area contributed by atoms with Gasteiger partial charge in [-0.3, -0.25) is 4.90 Å². The maximum Gasteiger partial charge on any atom is 0.416 e. The van der Waals surface area contributed by atoms with Crippen LogP contribution in [0.1, 0.15) is 43.2 Å². The van der Waals surface area contributed by atoms with Gasteiger partial charge in [0.25, 0.3) is 0 Å². The van der Waals surface area contributed by atoms with E-state index in [-0.39, 0.29) is 17.6 Å². The summed E-state index contributed by atoms with van der Waals surface area (Å²) in [6.45, 7) is 4.27. The summed E-state index contributed by atoms with van der Waals surface area (Å²) >= 11 is 0. The Morgan fingerprint density at radius 1 is 1.15 bits per heavy atom. The molecule has 180 valence electrons. The van der Waals surface area contributed by atoms with E-state index >= 15 is 0 Å². The largest absolute Gasteiger partial charge is 0.416 e. The van der Waals surface area contributed by atoms with Crippen LogP contribution >= 0.6 is 0 Å². The number of sulfone groups is 1. The molecule has 0 spiro atoms. The van der Waals surface area contributed by atoms with Crippen molar-refractivity contribution in [1.29, 1.82) is 0 Å². The van der Waals surface area contributed by atoms with Gasteiger partial charge in [0.2, 0.25) is 0 Å². The van der Waals surface area contributed by atoms with E-state index in [2.05, 4.69) is 27.1 Å². The number of pyridine rings is 2. The fraction of sp³-hybridized carbons (Fsp3) is 0.545. The smallest absolute Gasteiger partial charge is 0.354 e. The maximum atomic E-state index is 13.1. The molecule has 2 aromatic heterocycles.